The summed E-state index contributed by atoms with van der Waals surface area (Å²) in [6, 6.07) is 4.00. The molecule has 3 nitrogen and oxygen atoms in total. The van der Waals surface area contributed by atoms with E-state index in [1.807, 2.05) is 19.1 Å². The number of nitrogens with one attached hydrogen (secondary N) is 1. The van der Waals surface area contributed by atoms with Gasteiger partial charge in [-0.25, -0.2) is 0 Å². The third kappa shape index (κ3) is 2.11. The van der Waals surface area contributed by atoms with Crippen LogP contribution in [0.2, 0.25) is 0 Å². The number of pyridine rings is 1. The van der Waals surface area contributed by atoms with Crippen LogP contribution in [0.3, 0.4) is 0 Å². The molecular weight excluding hydrogens is 220 g/mol. The Labute approximate surface area is 99.3 Å². The molecule has 4 heteroatoms. The van der Waals surface area contributed by atoms with Crippen LogP contribution >= 0.6 is 11.8 Å². The number of rotatable bonds is 3. The molecule has 1 aromatic heterocycles. The number of carbonyl (C=O) groups is 1. The molecule has 84 valence electrons. The van der Waals surface area contributed by atoms with E-state index in [-0.39, 0.29) is 4.87 Å². The molecule has 0 aliphatic carbocycles. The summed E-state index contributed by atoms with van der Waals surface area (Å²) in [6.07, 6.45) is 5.24. The third-order valence-electron chi connectivity index (χ3n) is 2.62. The second kappa shape index (κ2) is 4.29. The topological polar surface area (TPSA) is 42.0 Å². The maximum Gasteiger partial charge on any atom is 0.208 e. The lowest BCUT2D eigenvalue weighted by atomic mass is 10.1. The van der Waals surface area contributed by atoms with Crippen molar-refractivity contribution in [1.29, 1.82) is 0 Å². The standard InChI is InChI=1S/C12H14N2OS/c1-9-7-12(2,14-8-15)16-11(9)10-3-5-13-6-4-10/h3-6,8H,7H2,1-2H3,(H,14,15). The molecule has 1 unspecified atom stereocenters. The minimum atomic E-state index is -0.204. The summed E-state index contributed by atoms with van der Waals surface area (Å²) in [5.41, 5.74) is 2.49. The molecule has 0 radical (unpaired) electrons. The van der Waals surface area contributed by atoms with Gasteiger partial charge in [0.1, 0.15) is 0 Å². The van der Waals surface area contributed by atoms with Crippen molar-refractivity contribution in [3.8, 4) is 0 Å². The van der Waals surface area contributed by atoms with E-state index < -0.39 is 0 Å². The molecule has 1 atom stereocenters. The van der Waals surface area contributed by atoms with Crippen molar-refractivity contribution in [2.24, 2.45) is 0 Å². The van der Waals surface area contributed by atoms with Gasteiger partial charge >= 0.3 is 0 Å². The Bertz CT molecular complexity index is 430. The van der Waals surface area contributed by atoms with Gasteiger partial charge in [-0.2, -0.15) is 0 Å². The molecule has 0 fully saturated rings. The molecule has 0 bridgehead atoms. The van der Waals surface area contributed by atoms with Crippen molar-refractivity contribution in [2.45, 2.75) is 25.1 Å². The van der Waals surface area contributed by atoms with Crippen LogP contribution in [0.4, 0.5) is 0 Å². The first kappa shape index (κ1) is 11.2. The molecule has 1 aromatic rings. The van der Waals surface area contributed by atoms with Gasteiger partial charge in [-0.3, -0.25) is 9.78 Å². The molecule has 1 aliphatic rings. The van der Waals surface area contributed by atoms with Crippen molar-refractivity contribution in [3.63, 3.8) is 0 Å². The van der Waals surface area contributed by atoms with Crippen molar-refractivity contribution < 1.29 is 4.79 Å². The fourth-order valence-corrected chi connectivity index (χ4v) is 3.30. The minimum Gasteiger partial charge on any atom is -0.344 e. The molecule has 0 saturated carbocycles. The van der Waals surface area contributed by atoms with Crippen molar-refractivity contribution >= 4 is 23.1 Å². The van der Waals surface area contributed by atoms with Crippen molar-refractivity contribution in [2.75, 3.05) is 0 Å². The van der Waals surface area contributed by atoms with E-state index >= 15 is 0 Å². The quantitative estimate of drug-likeness (QED) is 0.817. The number of thioether (sulfide) groups is 1. The third-order valence-corrected chi connectivity index (χ3v) is 4.13. The van der Waals surface area contributed by atoms with Crippen LogP contribution < -0.4 is 5.32 Å². The summed E-state index contributed by atoms with van der Waals surface area (Å²) < 4.78 is 0. The number of amides is 1. The zero-order chi connectivity index (χ0) is 11.6. The normalized spacial score (nSPS) is 24.6. The second-order valence-electron chi connectivity index (χ2n) is 4.12. The lowest BCUT2D eigenvalue weighted by Crippen LogP contribution is -2.35. The van der Waals surface area contributed by atoms with Gasteiger partial charge in [0.25, 0.3) is 0 Å². The number of nitrogens with zero attached hydrogens (tertiary/aromatic N) is 1. The lowest BCUT2D eigenvalue weighted by molar-refractivity contribution is -0.110. The highest BCUT2D eigenvalue weighted by Gasteiger charge is 2.33. The number of hydrogen-bond donors (Lipinski definition) is 1. The summed E-state index contributed by atoms with van der Waals surface area (Å²) in [5, 5.41) is 2.88. The second-order valence-corrected chi connectivity index (χ2v) is 5.63. The molecule has 0 saturated heterocycles. The smallest absolute Gasteiger partial charge is 0.208 e. The van der Waals surface area contributed by atoms with Gasteiger partial charge in [0, 0.05) is 23.7 Å². The SMILES string of the molecule is CC1=C(c2ccncc2)SC(C)(NC=O)C1. The van der Waals surface area contributed by atoms with E-state index in [0.717, 1.165) is 12.8 Å². The first-order valence-electron chi connectivity index (χ1n) is 5.15. The summed E-state index contributed by atoms with van der Waals surface area (Å²) in [6.45, 7) is 4.16. The van der Waals surface area contributed by atoms with Crippen LogP contribution in [0, 0.1) is 0 Å². The van der Waals surface area contributed by atoms with E-state index in [4.69, 9.17) is 0 Å². The van der Waals surface area contributed by atoms with Gasteiger partial charge < -0.3 is 5.32 Å². The Hall–Kier alpha value is -1.29. The highest BCUT2D eigenvalue weighted by atomic mass is 32.2. The summed E-state index contributed by atoms with van der Waals surface area (Å²) in [4.78, 5) is 15.6. The van der Waals surface area contributed by atoms with E-state index in [9.17, 15) is 4.79 Å². The van der Waals surface area contributed by atoms with Crippen molar-refractivity contribution in [3.05, 3.63) is 35.7 Å². The number of hydrogen-bond acceptors (Lipinski definition) is 3. The maximum atomic E-state index is 10.6. The average molecular weight is 234 g/mol. The van der Waals surface area contributed by atoms with E-state index in [2.05, 4.69) is 17.2 Å². The average Bonchev–Trinajstić information content (AvgIpc) is 2.56. The highest BCUT2D eigenvalue weighted by molar-refractivity contribution is 8.09. The fraction of sp³-hybridized carbons (Fsp3) is 0.333. The molecule has 16 heavy (non-hydrogen) atoms. The Balaban J connectivity index is 2.25. The molecule has 0 aromatic carbocycles. The molecular formula is C12H14N2OS. The van der Waals surface area contributed by atoms with Gasteiger partial charge in [-0.15, -0.1) is 0 Å². The summed E-state index contributed by atoms with van der Waals surface area (Å²) in [7, 11) is 0. The summed E-state index contributed by atoms with van der Waals surface area (Å²) in [5.74, 6) is 0. The molecule has 1 N–H and O–H groups in total. The number of aromatic nitrogens is 1. The molecule has 1 amide bonds. The van der Waals surface area contributed by atoms with Gasteiger partial charge in [0.05, 0.1) is 4.87 Å². The molecule has 2 heterocycles. The van der Waals surface area contributed by atoms with E-state index in [1.165, 1.54) is 16.0 Å². The highest BCUT2D eigenvalue weighted by Crippen LogP contribution is 2.48. The van der Waals surface area contributed by atoms with Crippen LogP contribution in [0.1, 0.15) is 25.8 Å². The Morgan fingerprint density at radius 2 is 2.19 bits per heavy atom. The first-order chi connectivity index (χ1) is 7.64. The van der Waals surface area contributed by atoms with Gasteiger partial charge in [-0.05, 0) is 31.5 Å². The maximum absolute atomic E-state index is 10.6. The van der Waals surface area contributed by atoms with Crippen LogP contribution in [0.25, 0.3) is 4.91 Å². The van der Waals surface area contributed by atoms with E-state index in [1.54, 1.807) is 24.2 Å². The van der Waals surface area contributed by atoms with Crippen LogP contribution in [-0.2, 0) is 4.79 Å². The van der Waals surface area contributed by atoms with Crippen molar-refractivity contribution in [1.82, 2.24) is 10.3 Å². The zero-order valence-electron chi connectivity index (χ0n) is 9.36. The Morgan fingerprint density at radius 1 is 1.50 bits per heavy atom. The Morgan fingerprint density at radius 3 is 2.81 bits per heavy atom. The molecule has 0 spiro atoms. The predicted molar refractivity (Wildman–Crippen MR) is 66.6 cm³/mol. The fourth-order valence-electron chi connectivity index (χ4n) is 1.95. The summed E-state index contributed by atoms with van der Waals surface area (Å²) >= 11 is 1.71. The van der Waals surface area contributed by atoms with Gasteiger partial charge in [0.15, 0.2) is 0 Å². The monoisotopic (exact) mass is 234 g/mol. The van der Waals surface area contributed by atoms with Gasteiger partial charge in [0.2, 0.25) is 6.41 Å². The van der Waals surface area contributed by atoms with Crippen LogP contribution in [0.15, 0.2) is 30.1 Å². The van der Waals surface area contributed by atoms with Crippen LogP contribution in [-0.4, -0.2) is 16.3 Å². The van der Waals surface area contributed by atoms with E-state index in [0.29, 0.717) is 0 Å². The van der Waals surface area contributed by atoms with Gasteiger partial charge in [-0.1, -0.05) is 17.3 Å². The number of carbonyl (C=O) groups excluding carboxylic acids is 1. The lowest BCUT2D eigenvalue weighted by Gasteiger charge is -2.22. The first-order valence-corrected chi connectivity index (χ1v) is 5.97. The predicted octanol–water partition coefficient (Wildman–Crippen LogP) is 2.41. The largest absolute Gasteiger partial charge is 0.344 e. The molecule has 1 aliphatic heterocycles. The molecule has 2 rings (SSSR count). The Kier molecular flexibility index (Phi) is 3.01. The minimum absolute atomic E-state index is 0.204. The van der Waals surface area contributed by atoms with Crippen LogP contribution in [0.5, 0.6) is 0 Å². The zero-order valence-corrected chi connectivity index (χ0v) is 10.2.